The predicted octanol–water partition coefficient (Wildman–Crippen LogP) is 1.71. The van der Waals surface area contributed by atoms with Gasteiger partial charge in [-0.05, 0) is 37.1 Å². The van der Waals surface area contributed by atoms with E-state index < -0.39 is 0 Å². The number of benzene rings is 1. The number of anilines is 1. The highest BCUT2D eigenvalue weighted by molar-refractivity contribution is 5.51. The lowest BCUT2D eigenvalue weighted by Crippen LogP contribution is -2.56. The largest absolute Gasteiger partial charge is 0.369 e. The zero-order valence-electron chi connectivity index (χ0n) is 9.17. The molecule has 0 aliphatic carbocycles. The molecule has 0 atom stereocenters. The molecule has 0 spiro atoms. The maximum absolute atomic E-state index is 3.30. The Morgan fingerprint density at radius 1 is 1.21 bits per heavy atom. The van der Waals surface area contributed by atoms with Crippen molar-refractivity contribution in [1.29, 1.82) is 0 Å². The van der Waals surface area contributed by atoms with Crippen molar-refractivity contribution in [2.24, 2.45) is 0 Å². The second kappa shape index (κ2) is 3.62. The third-order valence-corrected chi connectivity index (χ3v) is 3.21. The van der Waals surface area contributed by atoms with Crippen molar-refractivity contribution in [2.75, 3.05) is 25.0 Å². The standard InChI is InChI=1S/C12H18N2/c1-9-4-5-11(6-10(9)2)14(3)12-7-13-8-12/h4-6,12-13H,7-8H2,1-3H3. The first-order valence-corrected chi connectivity index (χ1v) is 5.19. The molecule has 1 saturated heterocycles. The molecule has 0 unspecified atom stereocenters. The summed E-state index contributed by atoms with van der Waals surface area (Å²) in [5.41, 5.74) is 4.08. The molecule has 1 heterocycles. The van der Waals surface area contributed by atoms with E-state index in [4.69, 9.17) is 0 Å². The molecule has 1 aromatic carbocycles. The van der Waals surface area contributed by atoms with Crippen molar-refractivity contribution < 1.29 is 0 Å². The Morgan fingerprint density at radius 2 is 1.93 bits per heavy atom. The molecule has 2 nitrogen and oxygen atoms in total. The molecule has 1 aliphatic heterocycles. The van der Waals surface area contributed by atoms with Crippen LogP contribution in [0.5, 0.6) is 0 Å². The van der Waals surface area contributed by atoms with Crippen molar-refractivity contribution in [3.63, 3.8) is 0 Å². The summed E-state index contributed by atoms with van der Waals surface area (Å²) < 4.78 is 0. The highest BCUT2D eigenvalue weighted by atomic mass is 15.2. The molecule has 0 saturated carbocycles. The van der Waals surface area contributed by atoms with E-state index in [9.17, 15) is 0 Å². The van der Waals surface area contributed by atoms with Gasteiger partial charge in [-0.1, -0.05) is 6.07 Å². The van der Waals surface area contributed by atoms with Gasteiger partial charge in [0, 0.05) is 25.8 Å². The summed E-state index contributed by atoms with van der Waals surface area (Å²) in [5, 5.41) is 3.30. The molecular weight excluding hydrogens is 172 g/mol. The zero-order valence-corrected chi connectivity index (χ0v) is 9.17. The van der Waals surface area contributed by atoms with Crippen LogP contribution in [0.25, 0.3) is 0 Å². The minimum absolute atomic E-state index is 0.678. The lowest BCUT2D eigenvalue weighted by Gasteiger charge is -2.37. The average Bonchev–Trinajstić information content (AvgIpc) is 2.06. The monoisotopic (exact) mass is 190 g/mol. The summed E-state index contributed by atoms with van der Waals surface area (Å²) in [5.74, 6) is 0. The van der Waals surface area contributed by atoms with Crippen LogP contribution < -0.4 is 10.2 Å². The summed E-state index contributed by atoms with van der Waals surface area (Å²) in [7, 11) is 2.18. The number of nitrogens with zero attached hydrogens (tertiary/aromatic N) is 1. The molecule has 0 amide bonds. The van der Waals surface area contributed by atoms with Crippen LogP contribution in [0.2, 0.25) is 0 Å². The van der Waals surface area contributed by atoms with Crippen LogP contribution in [0.3, 0.4) is 0 Å². The fourth-order valence-electron chi connectivity index (χ4n) is 1.70. The third-order valence-electron chi connectivity index (χ3n) is 3.21. The van der Waals surface area contributed by atoms with E-state index in [1.54, 1.807) is 0 Å². The van der Waals surface area contributed by atoms with Crippen LogP contribution in [0.15, 0.2) is 18.2 Å². The summed E-state index contributed by atoms with van der Waals surface area (Å²) >= 11 is 0. The SMILES string of the molecule is Cc1ccc(N(C)C2CNC2)cc1C. The Labute approximate surface area is 85.9 Å². The van der Waals surface area contributed by atoms with Crippen LogP contribution in [-0.2, 0) is 0 Å². The Bertz CT molecular complexity index is 329. The summed E-state index contributed by atoms with van der Waals surface area (Å²) in [4.78, 5) is 2.36. The van der Waals surface area contributed by atoms with Gasteiger partial charge in [0.05, 0.1) is 6.04 Å². The van der Waals surface area contributed by atoms with Gasteiger partial charge >= 0.3 is 0 Å². The fraction of sp³-hybridized carbons (Fsp3) is 0.500. The van der Waals surface area contributed by atoms with E-state index in [1.807, 2.05) is 0 Å². The Hall–Kier alpha value is -1.02. The number of likely N-dealkylation sites (N-methyl/N-ethyl adjacent to an activating group) is 1. The summed E-state index contributed by atoms with van der Waals surface area (Å²) in [6.07, 6.45) is 0. The molecule has 76 valence electrons. The van der Waals surface area contributed by atoms with Crippen LogP contribution in [0.4, 0.5) is 5.69 Å². The Morgan fingerprint density at radius 3 is 2.43 bits per heavy atom. The van der Waals surface area contributed by atoms with Crippen molar-refractivity contribution in [3.05, 3.63) is 29.3 Å². The fourth-order valence-corrected chi connectivity index (χ4v) is 1.70. The van der Waals surface area contributed by atoms with Crippen molar-refractivity contribution in [3.8, 4) is 0 Å². The van der Waals surface area contributed by atoms with E-state index in [-0.39, 0.29) is 0 Å². The van der Waals surface area contributed by atoms with Gasteiger partial charge < -0.3 is 10.2 Å². The number of rotatable bonds is 2. The van der Waals surface area contributed by atoms with E-state index in [0.29, 0.717) is 6.04 Å². The second-order valence-electron chi connectivity index (χ2n) is 4.19. The van der Waals surface area contributed by atoms with Gasteiger partial charge in [0.2, 0.25) is 0 Å². The van der Waals surface area contributed by atoms with E-state index in [1.165, 1.54) is 16.8 Å². The van der Waals surface area contributed by atoms with Gasteiger partial charge in [0.1, 0.15) is 0 Å². The first-order valence-electron chi connectivity index (χ1n) is 5.19. The number of hydrogen-bond acceptors (Lipinski definition) is 2. The molecule has 14 heavy (non-hydrogen) atoms. The molecule has 1 N–H and O–H groups in total. The van der Waals surface area contributed by atoms with E-state index in [0.717, 1.165) is 13.1 Å². The van der Waals surface area contributed by atoms with Gasteiger partial charge in [0.25, 0.3) is 0 Å². The quantitative estimate of drug-likeness (QED) is 0.763. The van der Waals surface area contributed by atoms with Crippen LogP contribution >= 0.6 is 0 Å². The number of hydrogen-bond donors (Lipinski definition) is 1. The maximum Gasteiger partial charge on any atom is 0.0535 e. The molecule has 2 rings (SSSR count). The number of nitrogens with one attached hydrogen (secondary N) is 1. The molecule has 0 aromatic heterocycles. The Balaban J connectivity index is 2.18. The van der Waals surface area contributed by atoms with Crippen LogP contribution in [-0.4, -0.2) is 26.2 Å². The summed E-state index contributed by atoms with van der Waals surface area (Å²) in [6.45, 7) is 6.56. The van der Waals surface area contributed by atoms with Gasteiger partial charge in [0.15, 0.2) is 0 Å². The average molecular weight is 190 g/mol. The van der Waals surface area contributed by atoms with Gasteiger partial charge in [-0.3, -0.25) is 0 Å². The molecule has 0 radical (unpaired) electrons. The smallest absolute Gasteiger partial charge is 0.0535 e. The lowest BCUT2D eigenvalue weighted by molar-refractivity contribution is 0.428. The normalized spacial score (nSPS) is 16.5. The third kappa shape index (κ3) is 1.62. The van der Waals surface area contributed by atoms with Crippen LogP contribution in [0, 0.1) is 13.8 Å². The molecule has 1 fully saturated rings. The first kappa shape index (κ1) is 9.53. The zero-order chi connectivity index (χ0) is 10.1. The molecular formula is C12H18N2. The minimum atomic E-state index is 0.678. The highest BCUT2D eigenvalue weighted by Crippen LogP contribution is 2.20. The summed E-state index contributed by atoms with van der Waals surface area (Å²) in [6, 6.07) is 7.36. The van der Waals surface area contributed by atoms with E-state index >= 15 is 0 Å². The van der Waals surface area contributed by atoms with Crippen molar-refractivity contribution in [2.45, 2.75) is 19.9 Å². The first-order chi connectivity index (χ1) is 6.68. The predicted molar refractivity (Wildman–Crippen MR) is 61.0 cm³/mol. The van der Waals surface area contributed by atoms with Crippen molar-refractivity contribution in [1.82, 2.24) is 5.32 Å². The van der Waals surface area contributed by atoms with Crippen LogP contribution in [0.1, 0.15) is 11.1 Å². The second-order valence-corrected chi connectivity index (χ2v) is 4.19. The molecule has 1 aromatic rings. The molecule has 1 aliphatic rings. The lowest BCUT2D eigenvalue weighted by atomic mass is 10.1. The van der Waals surface area contributed by atoms with Gasteiger partial charge in [-0.25, -0.2) is 0 Å². The van der Waals surface area contributed by atoms with E-state index in [2.05, 4.69) is 49.3 Å². The highest BCUT2D eigenvalue weighted by Gasteiger charge is 2.21. The molecule has 0 bridgehead atoms. The topological polar surface area (TPSA) is 15.3 Å². The Kier molecular flexibility index (Phi) is 2.46. The number of aryl methyl sites for hydroxylation is 2. The molecule has 2 heteroatoms. The van der Waals surface area contributed by atoms with Gasteiger partial charge in [-0.15, -0.1) is 0 Å². The maximum atomic E-state index is 3.30. The minimum Gasteiger partial charge on any atom is -0.369 e. The van der Waals surface area contributed by atoms with Crippen molar-refractivity contribution >= 4 is 5.69 Å². The van der Waals surface area contributed by atoms with Gasteiger partial charge in [-0.2, -0.15) is 0 Å².